The van der Waals surface area contributed by atoms with E-state index in [0.29, 0.717) is 6.54 Å². The van der Waals surface area contributed by atoms with E-state index in [1.165, 1.54) is 4.90 Å². The van der Waals surface area contributed by atoms with Gasteiger partial charge in [0, 0.05) is 42.1 Å². The summed E-state index contributed by atoms with van der Waals surface area (Å²) in [7, 11) is 0. The second-order valence-electron chi connectivity index (χ2n) is 9.29. The number of benzene rings is 1. The average Bonchev–Trinajstić information content (AvgIpc) is 3.35. The molecule has 1 aromatic heterocycles. The Balaban J connectivity index is 1.67. The van der Waals surface area contributed by atoms with E-state index in [1.54, 1.807) is 33.9 Å². The number of β-amino-alcohol motifs (C(OH)–C–C–N with tert-alkyl or cyclic N) is 1. The summed E-state index contributed by atoms with van der Waals surface area (Å²) in [5.41, 5.74) is 4.25. The molecule has 1 fully saturated rings. The van der Waals surface area contributed by atoms with Gasteiger partial charge in [-0.15, -0.1) is 11.3 Å². The van der Waals surface area contributed by atoms with E-state index in [2.05, 4.69) is 15.6 Å². The van der Waals surface area contributed by atoms with Crippen molar-refractivity contribution in [2.45, 2.75) is 58.8 Å². The van der Waals surface area contributed by atoms with Crippen LogP contribution in [0.5, 0.6) is 0 Å². The Kier molecular flexibility index (Phi) is 8.12. The summed E-state index contributed by atoms with van der Waals surface area (Å²) in [6, 6.07) is 6.31. The molecule has 2 aromatic rings. The van der Waals surface area contributed by atoms with Gasteiger partial charge in [-0.25, -0.2) is 4.98 Å². The minimum absolute atomic E-state index is 0.0590. The van der Waals surface area contributed by atoms with Crippen molar-refractivity contribution in [1.82, 2.24) is 20.5 Å². The van der Waals surface area contributed by atoms with Gasteiger partial charge in [-0.3, -0.25) is 14.4 Å². The first-order valence-corrected chi connectivity index (χ1v) is 12.6. The molecule has 0 aliphatic carbocycles. The zero-order valence-electron chi connectivity index (χ0n) is 19.1. The fourth-order valence-corrected chi connectivity index (χ4v) is 5.02. The van der Waals surface area contributed by atoms with Crippen LogP contribution in [0.25, 0.3) is 10.4 Å². The van der Waals surface area contributed by atoms with Crippen LogP contribution >= 0.6 is 33.9 Å². The maximum absolute atomic E-state index is 13.3. The molecule has 33 heavy (non-hydrogen) atoms. The van der Waals surface area contributed by atoms with E-state index in [-0.39, 0.29) is 28.7 Å². The van der Waals surface area contributed by atoms with Gasteiger partial charge in [0.15, 0.2) is 0 Å². The highest BCUT2D eigenvalue weighted by molar-refractivity contribution is 14.1. The van der Waals surface area contributed by atoms with E-state index in [0.717, 1.165) is 21.7 Å². The minimum atomic E-state index is -0.801. The van der Waals surface area contributed by atoms with E-state index in [1.807, 2.05) is 57.5 Å². The van der Waals surface area contributed by atoms with E-state index in [9.17, 15) is 19.5 Å². The first-order valence-electron chi connectivity index (χ1n) is 10.7. The Morgan fingerprint density at radius 3 is 2.48 bits per heavy atom. The maximum atomic E-state index is 13.3. The molecule has 1 aliphatic rings. The molecule has 1 aromatic carbocycles. The van der Waals surface area contributed by atoms with E-state index < -0.39 is 23.6 Å². The van der Waals surface area contributed by atoms with Crippen LogP contribution < -0.4 is 10.6 Å². The van der Waals surface area contributed by atoms with Crippen molar-refractivity contribution in [3.63, 3.8) is 0 Å². The number of aliphatic hydroxyl groups excluding tert-OH is 1. The van der Waals surface area contributed by atoms with Crippen LogP contribution in [0.1, 0.15) is 38.4 Å². The number of carbonyl (C=O) groups is 3. The number of nitrogens with zero attached hydrogens (tertiary/aromatic N) is 2. The number of thiazole rings is 1. The molecular weight excluding hydrogens is 555 g/mol. The fraction of sp³-hybridized carbons (Fsp3) is 0.478. The molecule has 0 spiro atoms. The predicted octanol–water partition coefficient (Wildman–Crippen LogP) is 3.26. The fourth-order valence-electron chi connectivity index (χ4n) is 3.89. The Bertz CT molecular complexity index is 1020. The number of likely N-dealkylation sites (tertiary alicyclic amines) is 1. The van der Waals surface area contributed by atoms with Crippen molar-refractivity contribution in [3.8, 4) is 10.4 Å². The molecule has 3 atom stereocenters. The SMILES string of the molecule is Cc1ncsc1-c1ccc(CNC(=O)C2CC(O)CN2C(=O)C(NC(=O)I)C(C)(C)C)cc1. The third-order valence-electron chi connectivity index (χ3n) is 5.66. The lowest BCUT2D eigenvalue weighted by atomic mass is 9.85. The number of halogens is 1. The third-order valence-corrected chi connectivity index (χ3v) is 6.95. The Morgan fingerprint density at radius 2 is 1.94 bits per heavy atom. The van der Waals surface area contributed by atoms with Crippen molar-refractivity contribution < 1.29 is 19.5 Å². The summed E-state index contributed by atoms with van der Waals surface area (Å²) in [5.74, 6) is -0.691. The lowest BCUT2D eigenvalue weighted by Gasteiger charge is -2.34. The monoisotopic (exact) mass is 584 g/mol. The van der Waals surface area contributed by atoms with E-state index >= 15 is 0 Å². The highest BCUT2D eigenvalue weighted by atomic mass is 127. The smallest absolute Gasteiger partial charge is 0.281 e. The van der Waals surface area contributed by atoms with Crippen LogP contribution in [-0.2, 0) is 16.1 Å². The molecule has 1 saturated heterocycles. The molecule has 1 aliphatic heterocycles. The molecule has 0 bridgehead atoms. The number of nitrogens with one attached hydrogen (secondary N) is 2. The van der Waals surface area contributed by atoms with Crippen molar-refractivity contribution in [2.24, 2.45) is 5.41 Å². The topological polar surface area (TPSA) is 112 Å². The number of aromatic nitrogens is 1. The standard InChI is InChI=1S/C23H29IN4O4S/c1-13-18(33-12-26-13)15-7-5-14(6-8-15)10-25-20(30)17-9-16(29)11-28(17)21(31)19(23(2,3)4)27-22(24)32/h5-8,12,16-17,19,29H,9-11H2,1-4H3,(H,25,30)(H,27,32). The number of carbonyl (C=O) groups excluding carboxylic acids is 3. The zero-order chi connectivity index (χ0) is 24.3. The molecule has 2 heterocycles. The lowest BCUT2D eigenvalue weighted by Crippen LogP contribution is -2.57. The molecular formula is C23H29IN4O4S. The van der Waals surface area contributed by atoms with Gasteiger partial charge in [-0.05, 0) is 23.5 Å². The Morgan fingerprint density at radius 1 is 1.27 bits per heavy atom. The van der Waals surface area contributed by atoms with Gasteiger partial charge in [-0.1, -0.05) is 45.0 Å². The van der Waals surface area contributed by atoms with Gasteiger partial charge in [0.25, 0.3) is 3.91 Å². The normalized spacial score (nSPS) is 19.3. The Labute approximate surface area is 211 Å². The first kappa shape index (κ1) is 25.6. The van der Waals surface area contributed by atoms with Crippen molar-refractivity contribution in [2.75, 3.05) is 6.54 Å². The number of hydrogen-bond donors (Lipinski definition) is 3. The minimum Gasteiger partial charge on any atom is -0.391 e. The summed E-state index contributed by atoms with van der Waals surface area (Å²) < 4.78 is -0.349. The number of aliphatic hydroxyl groups is 1. The van der Waals surface area contributed by atoms with Gasteiger partial charge >= 0.3 is 0 Å². The molecule has 3 unspecified atom stereocenters. The highest BCUT2D eigenvalue weighted by Crippen LogP contribution is 2.28. The van der Waals surface area contributed by atoms with Gasteiger partial charge < -0.3 is 20.6 Å². The van der Waals surface area contributed by atoms with Crippen LogP contribution in [0.3, 0.4) is 0 Å². The van der Waals surface area contributed by atoms with Crippen molar-refractivity contribution in [1.29, 1.82) is 0 Å². The van der Waals surface area contributed by atoms with Crippen molar-refractivity contribution in [3.05, 3.63) is 41.0 Å². The predicted molar refractivity (Wildman–Crippen MR) is 136 cm³/mol. The molecule has 178 valence electrons. The number of hydrogen-bond acceptors (Lipinski definition) is 6. The summed E-state index contributed by atoms with van der Waals surface area (Å²) in [4.78, 5) is 44.6. The van der Waals surface area contributed by atoms with Crippen LogP contribution in [0.15, 0.2) is 29.8 Å². The number of amides is 3. The zero-order valence-corrected chi connectivity index (χ0v) is 22.1. The summed E-state index contributed by atoms with van der Waals surface area (Å²) in [6.07, 6.45) is -0.626. The van der Waals surface area contributed by atoms with Crippen molar-refractivity contribution >= 4 is 49.7 Å². The van der Waals surface area contributed by atoms with Crippen LogP contribution in [0, 0.1) is 12.3 Å². The van der Waals surface area contributed by atoms with Gasteiger partial charge in [-0.2, -0.15) is 0 Å². The summed E-state index contributed by atoms with van der Waals surface area (Å²) in [6.45, 7) is 7.88. The highest BCUT2D eigenvalue weighted by Gasteiger charge is 2.44. The van der Waals surface area contributed by atoms with Crippen LogP contribution in [0.4, 0.5) is 4.79 Å². The first-order chi connectivity index (χ1) is 15.5. The molecule has 0 saturated carbocycles. The maximum Gasteiger partial charge on any atom is 0.281 e. The summed E-state index contributed by atoms with van der Waals surface area (Å²) >= 11 is 3.18. The molecule has 3 rings (SSSR count). The largest absolute Gasteiger partial charge is 0.391 e. The quantitative estimate of drug-likeness (QED) is 0.274. The number of rotatable bonds is 6. The van der Waals surface area contributed by atoms with Crippen LogP contribution in [-0.4, -0.2) is 55.5 Å². The lowest BCUT2D eigenvalue weighted by molar-refractivity contribution is -0.141. The van der Waals surface area contributed by atoms with E-state index in [4.69, 9.17) is 0 Å². The summed E-state index contributed by atoms with van der Waals surface area (Å²) in [5, 5.41) is 15.8. The average molecular weight is 584 g/mol. The van der Waals surface area contributed by atoms with Crippen LogP contribution in [0.2, 0.25) is 0 Å². The van der Waals surface area contributed by atoms with Gasteiger partial charge in [0.05, 0.1) is 22.2 Å². The second-order valence-corrected chi connectivity index (χ2v) is 11.1. The number of aryl methyl sites for hydroxylation is 1. The molecule has 0 radical (unpaired) electrons. The Hall–Kier alpha value is -2.05. The molecule has 3 N–H and O–H groups in total. The molecule has 3 amide bonds. The second kappa shape index (κ2) is 10.5. The molecule has 10 heteroatoms. The van der Waals surface area contributed by atoms with Gasteiger partial charge in [0.2, 0.25) is 11.8 Å². The van der Waals surface area contributed by atoms with Gasteiger partial charge in [0.1, 0.15) is 12.1 Å². The third kappa shape index (κ3) is 6.30. The molecule has 8 nitrogen and oxygen atoms in total.